The Labute approximate surface area is 111 Å². The van der Waals surface area contributed by atoms with Crippen molar-refractivity contribution < 1.29 is 9.90 Å². The Hall–Kier alpha value is -1.10. The highest BCUT2D eigenvalue weighted by Crippen LogP contribution is 2.30. The molecule has 1 aromatic heterocycles. The number of nitrogens with one attached hydrogen (secondary N) is 1. The van der Waals surface area contributed by atoms with Crippen LogP contribution in [0.4, 0.5) is 5.13 Å². The van der Waals surface area contributed by atoms with Gasteiger partial charge in [0.15, 0.2) is 10.8 Å². The molecule has 1 heterocycles. The molecule has 1 saturated carbocycles. The number of anilines is 1. The molecule has 0 spiro atoms. The summed E-state index contributed by atoms with van der Waals surface area (Å²) in [6.45, 7) is 2.18. The van der Waals surface area contributed by atoms with Gasteiger partial charge in [0.2, 0.25) is 0 Å². The second-order valence-corrected chi connectivity index (χ2v) is 5.76. The molecule has 0 bridgehead atoms. The first-order valence-electron chi connectivity index (χ1n) is 6.66. The van der Waals surface area contributed by atoms with Gasteiger partial charge in [-0.05, 0) is 25.2 Å². The summed E-state index contributed by atoms with van der Waals surface area (Å²) in [5.74, 6) is -0.244. The Morgan fingerprint density at radius 1 is 1.56 bits per heavy atom. The fourth-order valence-electron chi connectivity index (χ4n) is 2.69. The predicted molar refractivity (Wildman–Crippen MR) is 73.4 cm³/mol. The molecular formula is C13H20N2O2S. The Bertz CT molecular complexity index is 399. The second kappa shape index (κ2) is 6.18. The van der Waals surface area contributed by atoms with Gasteiger partial charge in [0.25, 0.3) is 0 Å². The van der Waals surface area contributed by atoms with E-state index in [0.29, 0.717) is 12.0 Å². The van der Waals surface area contributed by atoms with E-state index in [0.717, 1.165) is 11.6 Å². The summed E-state index contributed by atoms with van der Waals surface area (Å²) >= 11 is 1.38. The van der Waals surface area contributed by atoms with Gasteiger partial charge in [-0.1, -0.05) is 26.2 Å². The number of carboxylic acid groups (broad SMARTS) is 1. The van der Waals surface area contributed by atoms with Gasteiger partial charge in [0.1, 0.15) is 0 Å². The number of carboxylic acids is 1. The lowest BCUT2D eigenvalue weighted by atomic mass is 9.83. The number of rotatable bonds is 5. The van der Waals surface area contributed by atoms with Crippen molar-refractivity contribution in [1.82, 2.24) is 4.98 Å². The number of hydrogen-bond donors (Lipinski definition) is 2. The smallest absolute Gasteiger partial charge is 0.355 e. The van der Waals surface area contributed by atoms with Crippen LogP contribution < -0.4 is 5.32 Å². The molecule has 0 saturated heterocycles. The molecule has 1 aliphatic rings. The van der Waals surface area contributed by atoms with E-state index in [2.05, 4.69) is 17.2 Å². The lowest BCUT2D eigenvalue weighted by molar-refractivity contribution is 0.0691. The summed E-state index contributed by atoms with van der Waals surface area (Å²) in [6.07, 6.45) is 7.62. The number of nitrogens with zero attached hydrogens (tertiary/aromatic N) is 1. The maximum atomic E-state index is 10.8. The third-order valence-electron chi connectivity index (χ3n) is 3.69. The van der Waals surface area contributed by atoms with Crippen molar-refractivity contribution in [3.05, 3.63) is 11.1 Å². The fourth-order valence-corrected chi connectivity index (χ4v) is 3.43. The molecule has 5 heteroatoms. The fraction of sp³-hybridized carbons (Fsp3) is 0.692. The maximum Gasteiger partial charge on any atom is 0.355 e. The molecule has 0 amide bonds. The molecule has 1 aliphatic carbocycles. The van der Waals surface area contributed by atoms with E-state index < -0.39 is 5.97 Å². The molecule has 2 rings (SSSR count). The minimum absolute atomic E-state index is 0.140. The lowest BCUT2D eigenvalue weighted by Gasteiger charge is -2.30. The summed E-state index contributed by atoms with van der Waals surface area (Å²) in [5.41, 5.74) is 0.140. The number of aromatic carboxylic acids is 1. The van der Waals surface area contributed by atoms with Crippen molar-refractivity contribution in [2.45, 2.75) is 51.5 Å². The largest absolute Gasteiger partial charge is 0.476 e. The Balaban J connectivity index is 1.97. The zero-order chi connectivity index (χ0) is 13.0. The minimum atomic E-state index is -0.954. The average molecular weight is 268 g/mol. The summed E-state index contributed by atoms with van der Waals surface area (Å²) < 4.78 is 0. The standard InChI is InChI=1S/C13H20N2O2S/c1-2-10(9-6-4-3-5-7-9)14-13-15-11(8-18-13)12(16)17/h8-10H,2-7H2,1H3,(H,14,15)(H,16,17). The summed E-state index contributed by atoms with van der Waals surface area (Å²) in [5, 5.41) is 14.6. The Kier molecular flexibility index (Phi) is 4.58. The van der Waals surface area contributed by atoms with Crippen LogP contribution in [-0.4, -0.2) is 22.1 Å². The van der Waals surface area contributed by atoms with Gasteiger partial charge in [-0.3, -0.25) is 0 Å². The summed E-state index contributed by atoms with van der Waals surface area (Å²) in [4.78, 5) is 14.9. The highest BCUT2D eigenvalue weighted by atomic mass is 32.1. The van der Waals surface area contributed by atoms with Crippen molar-refractivity contribution in [2.75, 3.05) is 5.32 Å². The van der Waals surface area contributed by atoms with E-state index in [1.807, 2.05) is 0 Å². The molecule has 18 heavy (non-hydrogen) atoms. The molecular weight excluding hydrogens is 248 g/mol. The van der Waals surface area contributed by atoms with E-state index in [1.165, 1.54) is 43.4 Å². The quantitative estimate of drug-likeness (QED) is 0.856. The van der Waals surface area contributed by atoms with E-state index in [1.54, 1.807) is 5.38 Å². The molecule has 0 aliphatic heterocycles. The van der Waals surface area contributed by atoms with Crippen molar-refractivity contribution in [1.29, 1.82) is 0 Å². The molecule has 1 fully saturated rings. The van der Waals surface area contributed by atoms with Gasteiger partial charge in [0, 0.05) is 11.4 Å². The molecule has 0 radical (unpaired) electrons. The third kappa shape index (κ3) is 3.22. The molecule has 100 valence electrons. The zero-order valence-electron chi connectivity index (χ0n) is 10.7. The van der Waals surface area contributed by atoms with Crippen LogP contribution in [0.15, 0.2) is 5.38 Å². The third-order valence-corrected chi connectivity index (χ3v) is 4.46. The first-order chi connectivity index (χ1) is 8.70. The van der Waals surface area contributed by atoms with Gasteiger partial charge in [0.05, 0.1) is 0 Å². The minimum Gasteiger partial charge on any atom is -0.476 e. The van der Waals surface area contributed by atoms with Crippen LogP contribution in [0.1, 0.15) is 55.9 Å². The van der Waals surface area contributed by atoms with Gasteiger partial charge in [-0.25, -0.2) is 9.78 Å². The van der Waals surface area contributed by atoms with E-state index in [9.17, 15) is 4.79 Å². The lowest BCUT2D eigenvalue weighted by Crippen LogP contribution is -2.30. The van der Waals surface area contributed by atoms with E-state index in [4.69, 9.17) is 5.11 Å². The van der Waals surface area contributed by atoms with Crippen molar-refractivity contribution in [3.8, 4) is 0 Å². The monoisotopic (exact) mass is 268 g/mol. The van der Waals surface area contributed by atoms with Crippen LogP contribution in [-0.2, 0) is 0 Å². The Morgan fingerprint density at radius 2 is 2.28 bits per heavy atom. The van der Waals surface area contributed by atoms with Crippen molar-refractivity contribution in [2.24, 2.45) is 5.92 Å². The molecule has 4 nitrogen and oxygen atoms in total. The van der Waals surface area contributed by atoms with Crippen molar-refractivity contribution in [3.63, 3.8) is 0 Å². The predicted octanol–water partition coefficient (Wildman–Crippen LogP) is 3.61. The first-order valence-corrected chi connectivity index (χ1v) is 7.54. The normalized spacial score (nSPS) is 18.5. The SMILES string of the molecule is CCC(Nc1nc(C(=O)O)cs1)C1CCCCC1. The van der Waals surface area contributed by atoms with E-state index in [-0.39, 0.29) is 5.69 Å². The van der Waals surface area contributed by atoms with Gasteiger partial charge < -0.3 is 10.4 Å². The van der Waals surface area contributed by atoms with Crippen LogP contribution in [0.3, 0.4) is 0 Å². The Morgan fingerprint density at radius 3 is 2.83 bits per heavy atom. The van der Waals surface area contributed by atoms with Crippen LogP contribution in [0, 0.1) is 5.92 Å². The average Bonchev–Trinajstić information content (AvgIpc) is 2.86. The van der Waals surface area contributed by atoms with Crippen molar-refractivity contribution >= 4 is 22.4 Å². The van der Waals surface area contributed by atoms with Gasteiger partial charge in [-0.2, -0.15) is 0 Å². The number of thiazole rings is 1. The van der Waals surface area contributed by atoms with Crippen LogP contribution in [0.25, 0.3) is 0 Å². The van der Waals surface area contributed by atoms with Gasteiger partial charge in [-0.15, -0.1) is 11.3 Å². The molecule has 1 unspecified atom stereocenters. The summed E-state index contributed by atoms with van der Waals surface area (Å²) in [7, 11) is 0. The second-order valence-electron chi connectivity index (χ2n) is 4.90. The number of aromatic nitrogens is 1. The first kappa shape index (κ1) is 13.3. The number of carbonyl (C=O) groups is 1. The molecule has 2 N–H and O–H groups in total. The topological polar surface area (TPSA) is 62.2 Å². The zero-order valence-corrected chi connectivity index (χ0v) is 11.5. The molecule has 1 atom stereocenters. The van der Waals surface area contributed by atoms with Crippen LogP contribution in [0.2, 0.25) is 0 Å². The van der Waals surface area contributed by atoms with E-state index >= 15 is 0 Å². The van der Waals surface area contributed by atoms with Gasteiger partial charge >= 0.3 is 5.97 Å². The number of hydrogen-bond acceptors (Lipinski definition) is 4. The molecule has 0 aromatic carbocycles. The highest BCUT2D eigenvalue weighted by Gasteiger charge is 2.23. The maximum absolute atomic E-state index is 10.8. The highest BCUT2D eigenvalue weighted by molar-refractivity contribution is 7.13. The van der Waals surface area contributed by atoms with Crippen LogP contribution in [0.5, 0.6) is 0 Å². The summed E-state index contributed by atoms with van der Waals surface area (Å²) in [6, 6.07) is 0.429. The van der Waals surface area contributed by atoms with Crippen LogP contribution >= 0.6 is 11.3 Å². The molecule has 1 aromatic rings.